The minimum atomic E-state index is -0.756. The van der Waals surface area contributed by atoms with Crippen molar-refractivity contribution >= 4 is 29.0 Å². The van der Waals surface area contributed by atoms with Crippen molar-refractivity contribution in [3.8, 4) is 11.5 Å². The summed E-state index contributed by atoms with van der Waals surface area (Å²) in [7, 11) is 3.02. The molecule has 0 unspecified atom stereocenters. The second-order valence-electron chi connectivity index (χ2n) is 9.85. The highest BCUT2D eigenvalue weighted by atomic mass is 16.5. The number of methoxy groups -OCH3 is 2. The Kier molecular flexibility index (Phi) is 8.08. The smallest absolute Gasteiger partial charge is 0.330 e. The van der Waals surface area contributed by atoms with Crippen LogP contribution in [-0.2, 0) is 16.1 Å². The van der Waals surface area contributed by atoms with Gasteiger partial charge in [-0.2, -0.15) is 0 Å². The highest BCUT2D eigenvalue weighted by molar-refractivity contribution is 6.05. The van der Waals surface area contributed by atoms with Crippen LogP contribution in [0, 0.1) is 11.8 Å². The first-order valence-electron chi connectivity index (χ1n) is 12.6. The van der Waals surface area contributed by atoms with Gasteiger partial charge in [0.1, 0.15) is 17.3 Å². The largest absolute Gasteiger partial charge is 0.497 e. The van der Waals surface area contributed by atoms with Crippen molar-refractivity contribution in [2.75, 3.05) is 42.8 Å². The number of H-pyrrole nitrogens is 1. The molecular weight excluding hydrogens is 502 g/mol. The number of amides is 2. The van der Waals surface area contributed by atoms with Gasteiger partial charge in [0.05, 0.1) is 32.4 Å². The zero-order valence-electron chi connectivity index (χ0n) is 22.5. The number of carbonyl (C=O) groups is 2. The van der Waals surface area contributed by atoms with Gasteiger partial charge in [-0.1, -0.05) is 44.2 Å². The first kappa shape index (κ1) is 27.5. The highest BCUT2D eigenvalue weighted by Crippen LogP contribution is 2.36. The van der Waals surface area contributed by atoms with E-state index < -0.39 is 23.1 Å². The minimum absolute atomic E-state index is 0.0304. The molecule has 3 N–H and O–H groups in total. The molecule has 1 saturated heterocycles. The summed E-state index contributed by atoms with van der Waals surface area (Å²) in [5.74, 6) is -0.554. The number of nitrogens with one attached hydrogen (secondary N) is 1. The first-order chi connectivity index (χ1) is 18.6. The maximum atomic E-state index is 13.9. The Morgan fingerprint density at radius 1 is 1.10 bits per heavy atom. The number of ether oxygens (including phenoxy) is 2. The monoisotopic (exact) mass is 535 g/mol. The summed E-state index contributed by atoms with van der Waals surface area (Å²) < 4.78 is 11.9. The summed E-state index contributed by atoms with van der Waals surface area (Å²) in [5, 5.41) is 0. The Hall–Kier alpha value is -4.54. The van der Waals surface area contributed by atoms with E-state index in [1.807, 2.05) is 44.2 Å². The van der Waals surface area contributed by atoms with E-state index in [1.54, 1.807) is 18.2 Å². The Balaban J connectivity index is 1.69. The molecule has 2 heterocycles. The molecular formula is C28H33N5O6. The van der Waals surface area contributed by atoms with E-state index in [-0.39, 0.29) is 49.4 Å². The third-order valence-corrected chi connectivity index (χ3v) is 6.63. The van der Waals surface area contributed by atoms with Crippen molar-refractivity contribution in [1.82, 2.24) is 9.55 Å². The van der Waals surface area contributed by atoms with Crippen LogP contribution in [0.4, 0.5) is 17.2 Å². The van der Waals surface area contributed by atoms with Gasteiger partial charge in [0.15, 0.2) is 5.69 Å². The van der Waals surface area contributed by atoms with Crippen LogP contribution in [0.25, 0.3) is 0 Å². The van der Waals surface area contributed by atoms with E-state index in [4.69, 9.17) is 15.2 Å². The zero-order chi connectivity index (χ0) is 28.3. The van der Waals surface area contributed by atoms with Crippen molar-refractivity contribution in [3.05, 3.63) is 74.9 Å². The molecule has 1 atom stereocenters. The van der Waals surface area contributed by atoms with Gasteiger partial charge in [-0.05, 0) is 23.6 Å². The molecule has 2 amide bonds. The van der Waals surface area contributed by atoms with Crippen LogP contribution >= 0.6 is 0 Å². The summed E-state index contributed by atoms with van der Waals surface area (Å²) in [4.78, 5) is 57.8. The molecule has 4 rings (SSSR count). The van der Waals surface area contributed by atoms with Gasteiger partial charge >= 0.3 is 5.69 Å². The Morgan fingerprint density at radius 2 is 1.82 bits per heavy atom. The number of aromatic nitrogens is 2. The average Bonchev–Trinajstić information content (AvgIpc) is 3.31. The number of anilines is 3. The molecule has 0 bridgehead atoms. The topological polar surface area (TPSA) is 140 Å². The minimum Gasteiger partial charge on any atom is -0.497 e. The van der Waals surface area contributed by atoms with Gasteiger partial charge in [0, 0.05) is 25.6 Å². The lowest BCUT2D eigenvalue weighted by molar-refractivity contribution is -0.124. The highest BCUT2D eigenvalue weighted by Gasteiger charge is 2.40. The van der Waals surface area contributed by atoms with Crippen molar-refractivity contribution in [3.63, 3.8) is 0 Å². The fraction of sp³-hybridized carbons (Fsp3) is 0.357. The summed E-state index contributed by atoms with van der Waals surface area (Å²) in [6, 6.07) is 14.3. The summed E-state index contributed by atoms with van der Waals surface area (Å²) in [6.07, 6.45) is -0.0515. The van der Waals surface area contributed by atoms with Crippen LogP contribution in [0.5, 0.6) is 11.5 Å². The van der Waals surface area contributed by atoms with Crippen molar-refractivity contribution in [2.45, 2.75) is 26.8 Å². The number of nitrogens with zero attached hydrogens (tertiary/aromatic N) is 3. The molecule has 11 nitrogen and oxygen atoms in total. The molecule has 1 aliphatic rings. The number of benzene rings is 2. The molecule has 0 radical (unpaired) electrons. The molecule has 3 aromatic rings. The number of nitrogen functional groups attached to an aromatic ring is 1. The van der Waals surface area contributed by atoms with E-state index in [0.29, 0.717) is 17.2 Å². The standard InChI is InChI=1S/C28H33N5O6/c1-17(2)14-32(24-25(29)33(28(37)30-26(24)35)15-18-8-6-5-7-9-18)27(36)19-12-23(34)31(16-19)21-11-10-20(38-3)13-22(21)39-4/h5-11,13,17,19H,12,14-16,29H2,1-4H3,(H,30,35,37)/t19-/m0/s1. The summed E-state index contributed by atoms with van der Waals surface area (Å²) in [6.45, 7) is 4.19. The molecule has 1 fully saturated rings. The molecule has 39 heavy (non-hydrogen) atoms. The van der Waals surface area contributed by atoms with Crippen LogP contribution in [0.3, 0.4) is 0 Å². The number of hydrogen-bond donors (Lipinski definition) is 2. The predicted molar refractivity (Wildman–Crippen MR) is 148 cm³/mol. The normalized spacial score (nSPS) is 15.1. The van der Waals surface area contributed by atoms with Gasteiger partial charge in [-0.25, -0.2) is 4.79 Å². The van der Waals surface area contributed by atoms with E-state index in [1.165, 1.54) is 28.6 Å². The second-order valence-corrected chi connectivity index (χ2v) is 9.85. The first-order valence-corrected chi connectivity index (χ1v) is 12.6. The summed E-state index contributed by atoms with van der Waals surface area (Å²) in [5.41, 5.74) is 6.19. The molecule has 11 heteroatoms. The third kappa shape index (κ3) is 5.66. The zero-order valence-corrected chi connectivity index (χ0v) is 22.5. The van der Waals surface area contributed by atoms with Crippen molar-refractivity contribution < 1.29 is 19.1 Å². The summed E-state index contributed by atoms with van der Waals surface area (Å²) >= 11 is 0. The number of hydrogen-bond acceptors (Lipinski definition) is 7. The van der Waals surface area contributed by atoms with E-state index >= 15 is 0 Å². The maximum absolute atomic E-state index is 13.9. The molecule has 0 spiro atoms. The number of carbonyl (C=O) groups excluding carboxylic acids is 2. The Bertz CT molecular complexity index is 1480. The van der Waals surface area contributed by atoms with Crippen LogP contribution in [-0.4, -0.2) is 48.7 Å². The molecule has 1 aliphatic heterocycles. The van der Waals surface area contributed by atoms with Crippen LogP contribution in [0.15, 0.2) is 58.1 Å². The lowest BCUT2D eigenvalue weighted by atomic mass is 10.1. The van der Waals surface area contributed by atoms with Gasteiger partial charge in [-0.15, -0.1) is 0 Å². The van der Waals surface area contributed by atoms with Gasteiger partial charge < -0.3 is 25.0 Å². The lowest BCUT2D eigenvalue weighted by Crippen LogP contribution is -2.45. The third-order valence-electron chi connectivity index (χ3n) is 6.63. The second kappa shape index (κ2) is 11.5. The van der Waals surface area contributed by atoms with Crippen molar-refractivity contribution in [2.24, 2.45) is 11.8 Å². The number of aromatic amines is 1. The number of nitrogens with two attached hydrogens (primary N) is 1. The molecule has 0 aliphatic carbocycles. The van der Waals surface area contributed by atoms with E-state index in [9.17, 15) is 19.2 Å². The average molecular weight is 536 g/mol. The fourth-order valence-electron chi connectivity index (χ4n) is 4.75. The molecule has 0 saturated carbocycles. The maximum Gasteiger partial charge on any atom is 0.330 e. The fourth-order valence-corrected chi connectivity index (χ4v) is 4.75. The van der Waals surface area contributed by atoms with Gasteiger partial charge in [0.2, 0.25) is 11.8 Å². The molecule has 1 aromatic heterocycles. The molecule has 206 valence electrons. The van der Waals surface area contributed by atoms with Crippen LogP contribution < -0.4 is 36.3 Å². The Labute approximate surface area is 225 Å². The lowest BCUT2D eigenvalue weighted by Gasteiger charge is -2.28. The number of rotatable bonds is 9. The van der Waals surface area contributed by atoms with E-state index in [2.05, 4.69) is 4.98 Å². The van der Waals surface area contributed by atoms with Gasteiger partial charge in [-0.3, -0.25) is 23.9 Å². The van der Waals surface area contributed by atoms with E-state index in [0.717, 1.165) is 5.56 Å². The Morgan fingerprint density at radius 3 is 2.46 bits per heavy atom. The van der Waals surface area contributed by atoms with Crippen LogP contribution in [0.1, 0.15) is 25.8 Å². The molecule has 2 aromatic carbocycles. The van der Waals surface area contributed by atoms with Crippen molar-refractivity contribution in [1.29, 1.82) is 0 Å². The quantitative estimate of drug-likeness (QED) is 0.428. The predicted octanol–water partition coefficient (Wildman–Crippen LogP) is 2.23. The van der Waals surface area contributed by atoms with Gasteiger partial charge in [0.25, 0.3) is 5.56 Å². The van der Waals surface area contributed by atoms with Crippen LogP contribution in [0.2, 0.25) is 0 Å². The SMILES string of the molecule is COc1ccc(N2C[C@@H](C(=O)N(CC(C)C)c3c(N)n(Cc4ccccc4)c(=O)[nH]c3=O)CC2=O)c(OC)c1.